The molecule has 3 N–H and O–H groups in total. The Kier molecular flexibility index (Phi) is 6.85. The summed E-state index contributed by atoms with van der Waals surface area (Å²) in [5.41, 5.74) is 8.13. The fourth-order valence-corrected chi connectivity index (χ4v) is 3.31. The summed E-state index contributed by atoms with van der Waals surface area (Å²) in [5.74, 6) is 1.42. The van der Waals surface area contributed by atoms with Crippen LogP contribution in [0.15, 0.2) is 29.3 Å². The van der Waals surface area contributed by atoms with E-state index in [4.69, 9.17) is 5.73 Å². The fourth-order valence-electron chi connectivity index (χ4n) is 3.31. The van der Waals surface area contributed by atoms with E-state index in [9.17, 15) is 0 Å². The van der Waals surface area contributed by atoms with E-state index >= 15 is 0 Å². The third kappa shape index (κ3) is 4.18. The largest absolute Gasteiger partial charge is 0.370 e. The Hall–Kier alpha value is -1.35. The maximum atomic E-state index is 6.01. The third-order valence-electron chi connectivity index (χ3n) is 4.69. The second kappa shape index (κ2) is 8.66. The number of imidazole rings is 1. The predicted molar refractivity (Wildman–Crippen MR) is 110 cm³/mol. The Morgan fingerprint density at radius 3 is 2.96 bits per heavy atom. The van der Waals surface area contributed by atoms with Gasteiger partial charge < -0.3 is 15.6 Å². The SMILES string of the molecule is CCN1CCCC1CNC(N)=NCc1nc2ccccc2n1C.I. The van der Waals surface area contributed by atoms with Gasteiger partial charge in [-0.15, -0.1) is 24.0 Å². The van der Waals surface area contributed by atoms with Crippen LogP contribution in [-0.4, -0.2) is 46.1 Å². The molecule has 0 radical (unpaired) electrons. The number of aromatic nitrogens is 2. The topological polar surface area (TPSA) is 71.5 Å². The lowest BCUT2D eigenvalue weighted by Gasteiger charge is -2.23. The molecule has 1 fully saturated rings. The van der Waals surface area contributed by atoms with Crippen LogP contribution in [-0.2, 0) is 13.6 Å². The van der Waals surface area contributed by atoms with Gasteiger partial charge >= 0.3 is 0 Å². The number of likely N-dealkylation sites (tertiary alicyclic amines) is 1. The van der Waals surface area contributed by atoms with Gasteiger partial charge in [0.15, 0.2) is 5.96 Å². The molecule has 1 aromatic carbocycles. The average Bonchev–Trinajstić information content (AvgIpc) is 3.15. The molecule has 1 aliphatic heterocycles. The number of halogens is 1. The van der Waals surface area contributed by atoms with Crippen molar-refractivity contribution in [2.75, 3.05) is 19.6 Å². The number of hydrogen-bond acceptors (Lipinski definition) is 3. The van der Waals surface area contributed by atoms with E-state index in [0.717, 1.165) is 29.9 Å². The van der Waals surface area contributed by atoms with Crippen LogP contribution in [0, 0.1) is 0 Å². The molecule has 1 saturated heterocycles. The Balaban J connectivity index is 0.00000208. The maximum Gasteiger partial charge on any atom is 0.189 e. The summed E-state index contributed by atoms with van der Waals surface area (Å²) in [6.45, 7) is 5.86. The Morgan fingerprint density at radius 2 is 2.21 bits per heavy atom. The van der Waals surface area contributed by atoms with Gasteiger partial charge in [0, 0.05) is 19.6 Å². The first-order valence-corrected chi connectivity index (χ1v) is 8.37. The van der Waals surface area contributed by atoms with Crippen molar-refractivity contribution in [1.29, 1.82) is 0 Å². The van der Waals surface area contributed by atoms with Crippen LogP contribution in [0.4, 0.5) is 0 Å². The van der Waals surface area contributed by atoms with Crippen molar-refractivity contribution >= 4 is 41.0 Å². The number of benzene rings is 1. The van der Waals surface area contributed by atoms with Crippen molar-refractivity contribution in [2.24, 2.45) is 17.8 Å². The van der Waals surface area contributed by atoms with Gasteiger partial charge in [-0.1, -0.05) is 19.1 Å². The van der Waals surface area contributed by atoms with Gasteiger partial charge in [0.05, 0.1) is 11.0 Å². The highest BCUT2D eigenvalue weighted by Crippen LogP contribution is 2.16. The van der Waals surface area contributed by atoms with Crippen molar-refractivity contribution in [3.05, 3.63) is 30.1 Å². The molecule has 0 spiro atoms. The predicted octanol–water partition coefficient (Wildman–Crippen LogP) is 2.08. The van der Waals surface area contributed by atoms with Crippen LogP contribution < -0.4 is 11.1 Å². The number of likely N-dealkylation sites (N-methyl/N-ethyl adjacent to an activating group) is 1. The number of aliphatic imine (C=N–C) groups is 1. The second-order valence-electron chi connectivity index (χ2n) is 6.08. The van der Waals surface area contributed by atoms with Crippen LogP contribution in [0.3, 0.4) is 0 Å². The first-order chi connectivity index (χ1) is 11.2. The summed E-state index contributed by atoms with van der Waals surface area (Å²) in [6.07, 6.45) is 2.51. The van der Waals surface area contributed by atoms with Crippen LogP contribution >= 0.6 is 24.0 Å². The highest BCUT2D eigenvalue weighted by atomic mass is 127. The Morgan fingerprint density at radius 1 is 1.42 bits per heavy atom. The Bertz CT molecular complexity index is 695. The molecule has 1 aromatic heterocycles. The van der Waals surface area contributed by atoms with Gasteiger partial charge in [-0.2, -0.15) is 0 Å². The lowest BCUT2D eigenvalue weighted by Crippen LogP contribution is -2.42. The van der Waals surface area contributed by atoms with E-state index in [-0.39, 0.29) is 24.0 Å². The van der Waals surface area contributed by atoms with E-state index in [1.807, 2.05) is 25.2 Å². The second-order valence-corrected chi connectivity index (χ2v) is 6.08. The van der Waals surface area contributed by atoms with Crippen molar-refractivity contribution < 1.29 is 0 Å². The Labute approximate surface area is 160 Å². The quantitative estimate of drug-likeness (QED) is 0.423. The van der Waals surface area contributed by atoms with Crippen LogP contribution in [0.25, 0.3) is 11.0 Å². The van der Waals surface area contributed by atoms with E-state index in [0.29, 0.717) is 18.5 Å². The van der Waals surface area contributed by atoms with Crippen LogP contribution in [0.1, 0.15) is 25.6 Å². The van der Waals surface area contributed by atoms with Gasteiger partial charge in [-0.25, -0.2) is 9.98 Å². The van der Waals surface area contributed by atoms with E-state index in [1.54, 1.807) is 0 Å². The molecule has 7 heteroatoms. The molecule has 2 heterocycles. The highest BCUT2D eigenvalue weighted by Gasteiger charge is 2.22. The van der Waals surface area contributed by atoms with Gasteiger partial charge in [0.2, 0.25) is 0 Å². The smallest absolute Gasteiger partial charge is 0.189 e. The van der Waals surface area contributed by atoms with Gasteiger partial charge in [0.1, 0.15) is 12.4 Å². The van der Waals surface area contributed by atoms with E-state index in [2.05, 4.69) is 37.8 Å². The van der Waals surface area contributed by atoms with Crippen molar-refractivity contribution in [1.82, 2.24) is 19.8 Å². The van der Waals surface area contributed by atoms with Crippen LogP contribution in [0.2, 0.25) is 0 Å². The normalized spacial score (nSPS) is 18.8. The molecule has 1 unspecified atom stereocenters. The molecule has 24 heavy (non-hydrogen) atoms. The summed E-state index contributed by atoms with van der Waals surface area (Å²) in [6, 6.07) is 8.68. The molecule has 6 nitrogen and oxygen atoms in total. The molecule has 0 amide bonds. The van der Waals surface area contributed by atoms with E-state index < -0.39 is 0 Å². The molecule has 1 aliphatic rings. The zero-order valence-electron chi connectivity index (χ0n) is 14.4. The third-order valence-corrected chi connectivity index (χ3v) is 4.69. The standard InChI is InChI=1S/C17H26N6.HI/c1-3-23-10-6-7-13(23)11-19-17(18)20-12-16-21-14-8-4-5-9-15(14)22(16)2;/h4-5,8-9,13H,3,6-7,10-12H2,1-2H3,(H3,18,19,20);1H. The number of nitrogens with one attached hydrogen (secondary N) is 1. The lowest BCUT2D eigenvalue weighted by molar-refractivity contribution is 0.267. The zero-order valence-corrected chi connectivity index (χ0v) is 16.7. The molecule has 3 rings (SSSR count). The molecule has 1 atom stereocenters. The number of nitrogens with zero attached hydrogens (tertiary/aromatic N) is 4. The number of aryl methyl sites for hydroxylation is 1. The van der Waals surface area contributed by atoms with Gasteiger partial charge in [-0.3, -0.25) is 4.90 Å². The molecule has 0 saturated carbocycles. The summed E-state index contributed by atoms with van der Waals surface area (Å²) >= 11 is 0. The fraction of sp³-hybridized carbons (Fsp3) is 0.529. The number of guanidine groups is 1. The maximum absolute atomic E-state index is 6.01. The minimum absolute atomic E-state index is 0. The molecular weight excluding hydrogens is 415 g/mol. The van der Waals surface area contributed by atoms with Crippen molar-refractivity contribution in [3.8, 4) is 0 Å². The summed E-state index contributed by atoms with van der Waals surface area (Å²) < 4.78 is 2.07. The zero-order chi connectivity index (χ0) is 16.2. The monoisotopic (exact) mass is 442 g/mol. The van der Waals surface area contributed by atoms with Crippen LogP contribution in [0.5, 0.6) is 0 Å². The number of nitrogens with two attached hydrogens (primary N) is 1. The molecule has 0 bridgehead atoms. The number of rotatable bonds is 5. The first-order valence-electron chi connectivity index (χ1n) is 8.37. The molecular formula is C17H27IN6. The highest BCUT2D eigenvalue weighted by molar-refractivity contribution is 14.0. The average molecular weight is 442 g/mol. The van der Waals surface area contributed by atoms with Crippen molar-refractivity contribution in [3.63, 3.8) is 0 Å². The number of fused-ring (bicyclic) bond motifs is 1. The number of para-hydroxylation sites is 2. The van der Waals surface area contributed by atoms with Gasteiger partial charge in [0.25, 0.3) is 0 Å². The molecule has 132 valence electrons. The van der Waals surface area contributed by atoms with Crippen molar-refractivity contribution in [2.45, 2.75) is 32.4 Å². The minimum atomic E-state index is 0. The lowest BCUT2D eigenvalue weighted by atomic mass is 10.2. The number of hydrogen-bond donors (Lipinski definition) is 2. The summed E-state index contributed by atoms with van der Waals surface area (Å²) in [4.78, 5) is 11.5. The van der Waals surface area contributed by atoms with E-state index in [1.165, 1.54) is 19.4 Å². The molecule has 0 aliphatic carbocycles. The first kappa shape index (κ1) is 19.0. The molecule has 2 aromatic rings. The van der Waals surface area contributed by atoms with Gasteiger partial charge in [-0.05, 0) is 38.1 Å². The summed E-state index contributed by atoms with van der Waals surface area (Å²) in [7, 11) is 2.02. The summed E-state index contributed by atoms with van der Waals surface area (Å²) in [5, 5.41) is 3.26. The minimum Gasteiger partial charge on any atom is -0.370 e.